The fourth-order valence-corrected chi connectivity index (χ4v) is 20.5. The highest BCUT2D eigenvalue weighted by Crippen LogP contribution is 2.50. The van der Waals surface area contributed by atoms with Crippen LogP contribution in [0.15, 0.2) is 85.3 Å². The molecule has 0 amide bonds. The van der Waals surface area contributed by atoms with Crippen LogP contribution in [0, 0.1) is 5.95 Å². The summed E-state index contributed by atoms with van der Waals surface area (Å²) in [5.41, 5.74) is 11.9. The second kappa shape index (κ2) is 27.1. The summed E-state index contributed by atoms with van der Waals surface area (Å²) < 4.78 is 23.3. The highest BCUT2D eigenvalue weighted by Gasteiger charge is 2.45. The lowest BCUT2D eigenvalue weighted by Gasteiger charge is -2.41. The summed E-state index contributed by atoms with van der Waals surface area (Å²) in [7, 11) is 15.1. The van der Waals surface area contributed by atoms with Gasteiger partial charge in [-0.2, -0.15) is 4.39 Å². The van der Waals surface area contributed by atoms with E-state index in [0.29, 0.717) is 56.6 Å². The quantitative estimate of drug-likeness (QED) is 0.106. The van der Waals surface area contributed by atoms with Crippen molar-refractivity contribution in [1.82, 2.24) is 72.5 Å². The zero-order chi connectivity index (χ0) is 69.4. The van der Waals surface area contributed by atoms with Crippen molar-refractivity contribution in [3.8, 4) is 22.3 Å². The number of piperidine rings is 4. The van der Waals surface area contributed by atoms with Gasteiger partial charge in [0.15, 0.2) is 0 Å². The van der Waals surface area contributed by atoms with Crippen LogP contribution in [0.3, 0.4) is 0 Å². The van der Waals surface area contributed by atoms with Crippen LogP contribution in [-0.2, 0) is 13.2 Å². The number of hydrogen-bond donors (Lipinski definition) is 2. The molecule has 4 bridgehead atoms. The Balaban J connectivity index is 0.687. The number of piperazine rings is 2. The van der Waals surface area contributed by atoms with Crippen LogP contribution in [0.2, 0.25) is 15.1 Å². The minimum Gasteiger partial charge on any atom is -0.390 e. The number of aliphatic hydroxyl groups excluding tert-OH is 2. The molecule has 8 saturated heterocycles. The second-order valence-electron chi connectivity index (χ2n) is 30.7. The number of rotatable bonds is 14. The number of nitrogens with zero attached hydrogens (tertiary/aromatic N) is 18. The minimum absolute atomic E-state index is 0.00712. The molecule has 0 aromatic carbocycles. The molecular formula is C77H94Cl3FN18O2. The predicted octanol–water partition coefficient (Wildman–Crippen LogP) is 13.0. The Morgan fingerprint density at radius 3 is 1.60 bits per heavy atom. The first kappa shape index (κ1) is 67.6. The van der Waals surface area contributed by atoms with Crippen molar-refractivity contribution < 1.29 is 14.6 Å². The van der Waals surface area contributed by atoms with Crippen molar-refractivity contribution in [2.75, 3.05) is 103 Å². The monoisotopic (exact) mass is 1430 g/mol. The number of halogens is 4. The van der Waals surface area contributed by atoms with E-state index in [2.05, 4.69) is 133 Å². The van der Waals surface area contributed by atoms with Gasteiger partial charge in [-0.1, -0.05) is 40.9 Å². The number of imidazole rings is 3. The zero-order valence-corrected chi connectivity index (χ0v) is 61.4. The molecule has 8 aliphatic rings. The molecule has 0 radical (unpaired) electrons. The topological polar surface area (TPSA) is 160 Å². The molecule has 0 spiro atoms. The summed E-state index contributed by atoms with van der Waals surface area (Å²) in [5, 5.41) is 25.2. The Morgan fingerprint density at radius 1 is 0.465 bits per heavy atom. The number of aliphatic hydroxyl groups is 2. The van der Waals surface area contributed by atoms with E-state index in [-0.39, 0.29) is 55.4 Å². The average Bonchev–Trinajstić information content (AvgIpc) is 1.60. The normalized spacial score (nSPS) is 26.9. The summed E-state index contributed by atoms with van der Waals surface area (Å²) in [6, 6.07) is 23.8. The molecule has 10 atom stereocenters. The number of fused-ring (bicyclic) bond motifs is 7. The maximum atomic E-state index is 17.1. The van der Waals surface area contributed by atoms with E-state index < -0.39 is 0 Å². The van der Waals surface area contributed by atoms with Crippen molar-refractivity contribution in [1.29, 1.82) is 0 Å². The molecule has 24 heteroatoms. The standard InChI is InChI=1S/C77H94Cl3FN18O2/c1-88(2)48-28-31-94(32-29-48)67-21-11-20-65-85-75(76(81)99(65)67)62-19-10-16-59(93(62)7)72-56(80)34-47(38-84-72)53-26-27-68(96-51-24-25-52(96)40-89(3)39-51)98-64(44-101)74(87-77(53)98)61-18-9-15-58(92(61)6)71-55(79)33-46(37-83-71)45-35-66-86-73(60-17-8-14-57(91(60)5)70-54(78)13-12-30-82-70)63(43-100)97(66)69(36-45)95-41-49-22-23-50(42-95)90(49)4/h11-13,20-21,26-27,30,33-38,48-52,57-62,100-101H,8-10,14-19,22-25,28-29,31-32,39-44H2,1-7H3/t49?,50?,51?,52?,57-,58-,59-,60+,61+,62+/m0/s1. The van der Waals surface area contributed by atoms with Crippen molar-refractivity contribution in [3.63, 3.8) is 0 Å². The maximum Gasteiger partial charge on any atom is 0.224 e. The predicted molar refractivity (Wildman–Crippen MR) is 397 cm³/mol. The van der Waals surface area contributed by atoms with Gasteiger partial charge in [0.25, 0.3) is 0 Å². The van der Waals surface area contributed by atoms with Gasteiger partial charge in [-0.3, -0.25) is 47.8 Å². The number of anilines is 3. The van der Waals surface area contributed by atoms with Crippen LogP contribution in [0.25, 0.3) is 39.2 Å². The lowest BCUT2D eigenvalue weighted by Crippen LogP contribution is -2.53. The molecule has 0 aliphatic carbocycles. The molecule has 17 rings (SSSR count). The molecule has 9 aromatic heterocycles. The third-order valence-electron chi connectivity index (χ3n) is 25.1. The minimum atomic E-state index is -0.304. The van der Waals surface area contributed by atoms with Gasteiger partial charge in [0.2, 0.25) is 5.95 Å². The highest BCUT2D eigenvalue weighted by atomic mass is 35.5. The van der Waals surface area contributed by atoms with Gasteiger partial charge in [0.05, 0.1) is 104 Å². The van der Waals surface area contributed by atoms with E-state index in [1.54, 1.807) is 4.40 Å². The van der Waals surface area contributed by atoms with E-state index in [0.717, 1.165) is 226 Å². The van der Waals surface area contributed by atoms with Gasteiger partial charge in [-0.05, 0) is 212 Å². The summed E-state index contributed by atoms with van der Waals surface area (Å²) >= 11 is 22.0. The van der Waals surface area contributed by atoms with Gasteiger partial charge in [-0.15, -0.1) is 0 Å². The van der Waals surface area contributed by atoms with Crippen molar-refractivity contribution in [3.05, 3.63) is 152 Å². The van der Waals surface area contributed by atoms with Crippen molar-refractivity contribution in [2.45, 2.75) is 176 Å². The first-order valence-electron chi connectivity index (χ1n) is 36.9. The SMILES string of the molecule is CN1CC2CCC(C1)N2c1ccc(-c2cnc([C@@H]3CCC[C@H](c4nc5cccc(N6CCC(N(C)C)CC6)n5c4F)N3C)c(Cl)c2)c2nc([C@H]3CCC[C@@H](c4ncc(-c5cc(N6CC7CCC(C6)N7C)n6c(CO)c([C@H]7CCC[C@@H](c8ncccc8Cl)N7C)nc6c5)cc4Cl)N3C)c(CO)n12. The molecule has 2 N–H and O–H groups in total. The number of aromatic nitrogens is 9. The largest absolute Gasteiger partial charge is 0.390 e. The molecule has 20 nitrogen and oxygen atoms in total. The van der Waals surface area contributed by atoms with Gasteiger partial charge in [-0.25, -0.2) is 15.0 Å². The molecule has 8 fully saturated rings. The Labute approximate surface area is 606 Å². The van der Waals surface area contributed by atoms with Gasteiger partial charge >= 0.3 is 0 Å². The van der Waals surface area contributed by atoms with Crippen LogP contribution < -0.4 is 14.7 Å². The summed E-state index contributed by atoms with van der Waals surface area (Å²) in [5.74, 6) is 2.59. The Morgan fingerprint density at radius 2 is 1.01 bits per heavy atom. The first-order valence-corrected chi connectivity index (χ1v) is 38.1. The summed E-state index contributed by atoms with van der Waals surface area (Å²) in [4.78, 5) is 53.2. The lowest BCUT2D eigenvalue weighted by molar-refractivity contribution is 0.107. The van der Waals surface area contributed by atoms with E-state index in [1.165, 1.54) is 0 Å². The molecule has 532 valence electrons. The third kappa shape index (κ3) is 11.6. The van der Waals surface area contributed by atoms with Gasteiger partial charge < -0.3 is 34.7 Å². The second-order valence-corrected chi connectivity index (χ2v) is 31.9. The molecular weight excluding hydrogens is 1330 g/mol. The van der Waals surface area contributed by atoms with Crippen LogP contribution in [0.5, 0.6) is 0 Å². The van der Waals surface area contributed by atoms with Crippen molar-refractivity contribution in [2.24, 2.45) is 0 Å². The number of likely N-dealkylation sites (tertiary alicyclic amines) is 4. The maximum absolute atomic E-state index is 17.1. The third-order valence-corrected chi connectivity index (χ3v) is 26.0. The van der Waals surface area contributed by atoms with Crippen LogP contribution in [0.4, 0.5) is 21.8 Å². The highest BCUT2D eigenvalue weighted by molar-refractivity contribution is 6.32. The number of pyridine rings is 6. The van der Waals surface area contributed by atoms with Crippen LogP contribution in [0.1, 0.15) is 178 Å². The molecule has 17 heterocycles. The van der Waals surface area contributed by atoms with Gasteiger partial charge in [0.1, 0.15) is 40.1 Å². The van der Waals surface area contributed by atoms with E-state index in [9.17, 15) is 10.2 Å². The molecule has 101 heavy (non-hydrogen) atoms. The first-order chi connectivity index (χ1) is 49.0. The molecule has 4 unspecified atom stereocenters. The summed E-state index contributed by atoms with van der Waals surface area (Å²) in [6.07, 6.45) is 20.1. The van der Waals surface area contributed by atoms with Crippen LogP contribution >= 0.6 is 34.8 Å². The fraction of sp³-hybridized carbons (Fsp3) is 0.532. The van der Waals surface area contributed by atoms with E-state index in [1.807, 2.05) is 55.0 Å². The smallest absolute Gasteiger partial charge is 0.224 e. The number of likely N-dealkylation sites (N-methyl/N-ethyl adjacent to an activating group) is 2. The number of hydrogen-bond acceptors (Lipinski definition) is 17. The molecule has 9 aromatic rings. The molecule has 8 aliphatic heterocycles. The average molecular weight is 1430 g/mol. The van der Waals surface area contributed by atoms with Gasteiger partial charge in [0, 0.05) is 105 Å². The zero-order valence-electron chi connectivity index (χ0n) is 59.2. The van der Waals surface area contributed by atoms with Crippen LogP contribution in [-0.4, -0.2) is 202 Å². The molecule has 0 saturated carbocycles. The summed E-state index contributed by atoms with van der Waals surface area (Å²) in [6.45, 7) is 5.00. The Kier molecular flexibility index (Phi) is 18.2. The lowest BCUT2D eigenvalue weighted by atomic mass is 9.91. The van der Waals surface area contributed by atoms with E-state index in [4.69, 9.17) is 64.7 Å². The Bertz CT molecular complexity index is 4580. The van der Waals surface area contributed by atoms with Crippen molar-refractivity contribution >= 4 is 69.2 Å². The fourth-order valence-electron chi connectivity index (χ4n) is 19.7. The van der Waals surface area contributed by atoms with E-state index >= 15 is 4.39 Å². The Hall–Kier alpha value is -6.60.